The van der Waals surface area contributed by atoms with Gasteiger partial charge < -0.3 is 14.5 Å². The van der Waals surface area contributed by atoms with Crippen LogP contribution in [0.1, 0.15) is 29.8 Å². The summed E-state index contributed by atoms with van der Waals surface area (Å²) in [6, 6.07) is 0. The van der Waals surface area contributed by atoms with Crippen molar-refractivity contribution in [3.8, 4) is 0 Å². The number of aromatic amines is 1. The summed E-state index contributed by atoms with van der Waals surface area (Å²) >= 11 is 0. The van der Waals surface area contributed by atoms with Crippen LogP contribution in [0.3, 0.4) is 0 Å². The highest BCUT2D eigenvalue weighted by Gasteiger charge is 2.23. The van der Waals surface area contributed by atoms with Gasteiger partial charge in [0.15, 0.2) is 0 Å². The fourth-order valence-corrected chi connectivity index (χ4v) is 1.64. The van der Waals surface area contributed by atoms with Crippen molar-refractivity contribution in [1.82, 2.24) is 25.0 Å². The number of aryl methyl sites for hydroxylation is 1. The number of carbonyl (C=O) groups is 2. The Labute approximate surface area is 124 Å². The summed E-state index contributed by atoms with van der Waals surface area (Å²) in [6.07, 6.45) is 1.64. The second-order valence-electron chi connectivity index (χ2n) is 4.86. The standard InChI is InChI=1S/C13H23N5O3/c1-5-6-10-14-12(16-15-10)13(20)18(7-8-21-4)9-11(19)17(2)3/h5-9H2,1-4H3,(H,14,15,16). The van der Waals surface area contributed by atoms with Crippen molar-refractivity contribution in [3.05, 3.63) is 11.6 Å². The number of hydrogen-bond donors (Lipinski definition) is 1. The first-order chi connectivity index (χ1) is 9.99. The fourth-order valence-electron chi connectivity index (χ4n) is 1.64. The summed E-state index contributed by atoms with van der Waals surface area (Å²) in [5.41, 5.74) is 0. The highest BCUT2D eigenvalue weighted by atomic mass is 16.5. The van der Waals surface area contributed by atoms with Crippen LogP contribution in [-0.4, -0.2) is 77.7 Å². The molecule has 0 aromatic carbocycles. The van der Waals surface area contributed by atoms with Crippen LogP contribution in [0.2, 0.25) is 0 Å². The molecule has 1 rings (SSSR count). The van der Waals surface area contributed by atoms with E-state index < -0.39 is 0 Å². The number of likely N-dealkylation sites (N-methyl/N-ethyl adjacent to an activating group) is 1. The van der Waals surface area contributed by atoms with Crippen molar-refractivity contribution < 1.29 is 14.3 Å². The minimum Gasteiger partial charge on any atom is -0.383 e. The van der Waals surface area contributed by atoms with Crippen LogP contribution in [0.5, 0.6) is 0 Å². The summed E-state index contributed by atoms with van der Waals surface area (Å²) < 4.78 is 4.98. The van der Waals surface area contributed by atoms with Gasteiger partial charge in [0.05, 0.1) is 6.61 Å². The number of hydrogen-bond acceptors (Lipinski definition) is 5. The third-order valence-electron chi connectivity index (χ3n) is 2.89. The summed E-state index contributed by atoms with van der Waals surface area (Å²) in [4.78, 5) is 31.2. The maximum atomic E-state index is 12.4. The molecular weight excluding hydrogens is 274 g/mol. The molecule has 8 heteroatoms. The van der Waals surface area contributed by atoms with E-state index in [0.717, 1.165) is 12.8 Å². The third-order valence-corrected chi connectivity index (χ3v) is 2.89. The number of ether oxygens (including phenoxy) is 1. The lowest BCUT2D eigenvalue weighted by molar-refractivity contribution is -0.129. The molecule has 0 radical (unpaired) electrons. The quantitative estimate of drug-likeness (QED) is 0.725. The molecule has 0 saturated heterocycles. The average molecular weight is 297 g/mol. The van der Waals surface area contributed by atoms with Crippen LogP contribution in [-0.2, 0) is 16.0 Å². The van der Waals surface area contributed by atoms with E-state index in [-0.39, 0.29) is 24.2 Å². The minimum absolute atomic E-state index is 0.0210. The van der Waals surface area contributed by atoms with Crippen molar-refractivity contribution in [3.63, 3.8) is 0 Å². The molecular formula is C13H23N5O3. The van der Waals surface area contributed by atoms with Gasteiger partial charge in [-0.1, -0.05) is 6.92 Å². The molecule has 0 unspecified atom stereocenters. The Kier molecular flexibility index (Phi) is 6.80. The summed E-state index contributed by atoms with van der Waals surface area (Å²) in [6.45, 7) is 2.66. The topological polar surface area (TPSA) is 91.4 Å². The van der Waals surface area contributed by atoms with Gasteiger partial charge in [-0.2, -0.15) is 0 Å². The third kappa shape index (κ3) is 5.14. The number of nitrogens with zero attached hydrogens (tertiary/aromatic N) is 4. The Bertz CT molecular complexity index is 472. The molecule has 0 bridgehead atoms. The van der Waals surface area contributed by atoms with Gasteiger partial charge in [0.1, 0.15) is 12.4 Å². The Morgan fingerprint density at radius 3 is 2.62 bits per heavy atom. The summed E-state index contributed by atoms with van der Waals surface area (Å²) in [5.74, 6) is 0.220. The van der Waals surface area contributed by atoms with E-state index in [2.05, 4.69) is 15.2 Å². The lowest BCUT2D eigenvalue weighted by Crippen LogP contribution is -2.42. The Balaban J connectivity index is 2.79. The first kappa shape index (κ1) is 17.1. The molecule has 0 aliphatic carbocycles. The highest BCUT2D eigenvalue weighted by Crippen LogP contribution is 2.02. The number of rotatable bonds is 8. The number of carbonyl (C=O) groups excluding carboxylic acids is 2. The monoisotopic (exact) mass is 297 g/mol. The van der Waals surface area contributed by atoms with E-state index in [9.17, 15) is 9.59 Å². The number of nitrogens with one attached hydrogen (secondary N) is 1. The molecule has 0 atom stereocenters. The summed E-state index contributed by atoms with van der Waals surface area (Å²) in [7, 11) is 4.84. The molecule has 118 valence electrons. The first-order valence-corrected chi connectivity index (χ1v) is 6.89. The van der Waals surface area contributed by atoms with Crippen LogP contribution in [0, 0.1) is 0 Å². The minimum atomic E-state index is -0.374. The SMILES string of the molecule is CCCc1nc(C(=O)N(CCOC)CC(=O)N(C)C)n[nH]1. The second-order valence-corrected chi connectivity index (χ2v) is 4.86. The van der Waals surface area contributed by atoms with Gasteiger partial charge >= 0.3 is 0 Å². The van der Waals surface area contributed by atoms with Gasteiger partial charge in [-0.25, -0.2) is 4.98 Å². The fraction of sp³-hybridized carbons (Fsp3) is 0.692. The van der Waals surface area contributed by atoms with Gasteiger partial charge in [0, 0.05) is 34.2 Å². The van der Waals surface area contributed by atoms with E-state index >= 15 is 0 Å². The van der Waals surface area contributed by atoms with Crippen molar-refractivity contribution in [2.45, 2.75) is 19.8 Å². The van der Waals surface area contributed by atoms with Crippen LogP contribution in [0.15, 0.2) is 0 Å². The summed E-state index contributed by atoms with van der Waals surface area (Å²) in [5, 5.41) is 6.66. The molecule has 0 saturated carbocycles. The molecule has 0 aliphatic heterocycles. The largest absolute Gasteiger partial charge is 0.383 e. The predicted octanol–water partition coefficient (Wildman–Crippen LogP) is -0.0660. The maximum Gasteiger partial charge on any atom is 0.294 e. The molecule has 8 nitrogen and oxygen atoms in total. The van der Waals surface area contributed by atoms with Crippen LogP contribution >= 0.6 is 0 Å². The molecule has 1 heterocycles. The van der Waals surface area contributed by atoms with E-state index in [1.54, 1.807) is 21.2 Å². The lowest BCUT2D eigenvalue weighted by atomic mass is 10.3. The van der Waals surface area contributed by atoms with Crippen LogP contribution < -0.4 is 0 Å². The smallest absolute Gasteiger partial charge is 0.294 e. The molecule has 2 amide bonds. The second kappa shape index (κ2) is 8.35. The van der Waals surface area contributed by atoms with Gasteiger partial charge in [0.2, 0.25) is 11.7 Å². The van der Waals surface area contributed by atoms with Crippen molar-refractivity contribution in [2.75, 3.05) is 40.9 Å². The van der Waals surface area contributed by atoms with Crippen molar-refractivity contribution >= 4 is 11.8 Å². The normalized spacial score (nSPS) is 10.5. The lowest BCUT2D eigenvalue weighted by Gasteiger charge is -2.22. The first-order valence-electron chi connectivity index (χ1n) is 6.89. The Morgan fingerprint density at radius 1 is 1.33 bits per heavy atom. The Morgan fingerprint density at radius 2 is 2.05 bits per heavy atom. The van der Waals surface area contributed by atoms with E-state index in [0.29, 0.717) is 19.0 Å². The number of methoxy groups -OCH3 is 1. The zero-order valence-electron chi connectivity index (χ0n) is 13.0. The molecule has 1 aromatic heterocycles. The molecule has 0 spiro atoms. The number of H-pyrrole nitrogens is 1. The van der Waals surface area contributed by atoms with Crippen LogP contribution in [0.25, 0.3) is 0 Å². The molecule has 1 N–H and O–H groups in total. The molecule has 0 fully saturated rings. The maximum absolute atomic E-state index is 12.4. The van der Waals surface area contributed by atoms with E-state index in [1.807, 2.05) is 6.92 Å². The molecule has 1 aromatic rings. The predicted molar refractivity (Wildman–Crippen MR) is 76.9 cm³/mol. The van der Waals surface area contributed by atoms with Crippen molar-refractivity contribution in [1.29, 1.82) is 0 Å². The number of aromatic nitrogens is 3. The molecule has 0 aliphatic rings. The average Bonchev–Trinajstić information content (AvgIpc) is 2.91. The van der Waals surface area contributed by atoms with Crippen LogP contribution in [0.4, 0.5) is 0 Å². The van der Waals surface area contributed by atoms with Gasteiger partial charge in [-0.3, -0.25) is 14.7 Å². The highest BCUT2D eigenvalue weighted by molar-refractivity contribution is 5.93. The Hall–Kier alpha value is -1.96. The van der Waals surface area contributed by atoms with Gasteiger partial charge in [0.25, 0.3) is 5.91 Å². The molecule has 21 heavy (non-hydrogen) atoms. The van der Waals surface area contributed by atoms with Crippen molar-refractivity contribution in [2.24, 2.45) is 0 Å². The van der Waals surface area contributed by atoms with Gasteiger partial charge in [-0.15, -0.1) is 5.10 Å². The number of amides is 2. The zero-order valence-corrected chi connectivity index (χ0v) is 13.0. The van der Waals surface area contributed by atoms with E-state index in [4.69, 9.17) is 4.74 Å². The van der Waals surface area contributed by atoms with E-state index in [1.165, 1.54) is 9.80 Å². The van der Waals surface area contributed by atoms with Gasteiger partial charge in [-0.05, 0) is 6.42 Å². The zero-order chi connectivity index (χ0) is 15.8.